The number of aryl methyl sites for hydroxylation is 2. The molecule has 21 heteroatoms. The van der Waals surface area contributed by atoms with Crippen LogP contribution >= 0.6 is 7.82 Å². The minimum absolute atomic E-state index is 0.00763. The molecule has 5 aromatic carbocycles. The van der Waals surface area contributed by atoms with Gasteiger partial charge in [-0.3, -0.25) is 19.6 Å². The van der Waals surface area contributed by atoms with Crippen LogP contribution in [0.15, 0.2) is 103 Å². The number of anilines is 1. The maximum Gasteiger partial charge on any atom is 0.527 e. The molecular weight excluding hydrogens is 942 g/mol. The zero-order valence-electron chi connectivity index (χ0n) is 37.4. The molecule has 2 atom stereocenters. The summed E-state index contributed by atoms with van der Waals surface area (Å²) in [5.74, 6) is -2.16. The topological polar surface area (TPSA) is 147 Å². The van der Waals surface area contributed by atoms with Gasteiger partial charge in [-0.15, -0.1) is 0 Å². The van der Waals surface area contributed by atoms with E-state index in [-0.39, 0.29) is 42.8 Å². The van der Waals surface area contributed by atoms with Gasteiger partial charge in [0.2, 0.25) is 6.41 Å². The summed E-state index contributed by atoms with van der Waals surface area (Å²) < 4.78 is 145. The lowest BCUT2D eigenvalue weighted by Crippen LogP contribution is -2.39. The number of aliphatic hydroxyl groups excluding tert-OH is 1. The second kappa shape index (κ2) is 20.1. The number of phosphoric acid groups is 1. The number of para-hydroxylation sites is 1. The van der Waals surface area contributed by atoms with Crippen molar-refractivity contribution in [3.05, 3.63) is 165 Å². The van der Waals surface area contributed by atoms with Crippen LogP contribution in [0.4, 0.5) is 45.6 Å². The lowest BCUT2D eigenvalue weighted by Gasteiger charge is -2.33. The van der Waals surface area contributed by atoms with E-state index in [2.05, 4.69) is 5.32 Å². The Labute approximate surface area is 391 Å². The van der Waals surface area contributed by atoms with Crippen LogP contribution in [0.3, 0.4) is 0 Å². The van der Waals surface area contributed by atoms with Crippen molar-refractivity contribution in [2.24, 2.45) is 0 Å². The Bertz CT molecular complexity index is 2850. The van der Waals surface area contributed by atoms with Crippen molar-refractivity contribution in [3.63, 3.8) is 0 Å². The van der Waals surface area contributed by atoms with Crippen LogP contribution < -0.4 is 15.2 Å². The van der Waals surface area contributed by atoms with E-state index < -0.39 is 78.7 Å². The number of benzene rings is 5. The SMILES string of the molecule is CCc1cccc(CC)c1-n1nc2c(c1-c1cc(F)c(NC(=O)NC(O)OCc3ccc(OP(=O)(O)OCc4ccccc4)cc3)cc1F)CN(Cc1ccc(C(F)(F)F)cc1C(F)(F)F)C2(C)C. The molecule has 6 aromatic rings. The standard InChI is InChI=1S/C48H46F8N5O7P/c1-5-30-13-10-14-31(6-2)41(30)61-42(36-25-60(46(3,4)43(36)59-61)24-32-17-18-33(47(51,52)53)21-37(32)48(54,55)56)35-22-39(50)40(23-38(35)49)57-44(62)58-45(63)66-26-29-15-19-34(20-16-29)68-69(64,65)67-27-28-11-8-7-9-12-28/h7-23,45,63H,5-6,24-27H2,1-4H3,(H,64,65)(H2,57,58,62). The maximum atomic E-state index is 16.6. The maximum absolute atomic E-state index is 16.6. The number of urea groups is 1. The Morgan fingerprint density at radius 1 is 0.826 bits per heavy atom. The molecular formula is C48H46F8N5O7P. The van der Waals surface area contributed by atoms with E-state index in [1.165, 1.54) is 28.9 Å². The first-order chi connectivity index (χ1) is 32.5. The second-order valence-corrected chi connectivity index (χ2v) is 17.9. The van der Waals surface area contributed by atoms with Crippen LogP contribution in [0.2, 0.25) is 0 Å². The molecule has 0 radical (unpaired) electrons. The van der Waals surface area contributed by atoms with Gasteiger partial charge in [0.25, 0.3) is 0 Å². The van der Waals surface area contributed by atoms with E-state index in [9.17, 15) is 45.7 Å². The predicted octanol–water partition coefficient (Wildman–Crippen LogP) is 11.5. The van der Waals surface area contributed by atoms with Gasteiger partial charge < -0.3 is 19.7 Å². The first-order valence-electron chi connectivity index (χ1n) is 21.4. The third-order valence-electron chi connectivity index (χ3n) is 11.6. The Balaban J connectivity index is 1.09. The molecule has 1 aliphatic heterocycles. The van der Waals surface area contributed by atoms with Crippen LogP contribution in [0.1, 0.15) is 77.9 Å². The highest BCUT2D eigenvalue weighted by Gasteiger charge is 2.45. The number of aliphatic hydroxyl groups is 1. The Hall–Kier alpha value is -6.15. The summed E-state index contributed by atoms with van der Waals surface area (Å²) in [6.45, 7) is 6.02. The van der Waals surface area contributed by atoms with E-state index >= 15 is 8.78 Å². The molecule has 2 amide bonds. The van der Waals surface area contributed by atoms with Crippen molar-refractivity contribution < 1.29 is 68.3 Å². The third-order valence-corrected chi connectivity index (χ3v) is 12.5. The van der Waals surface area contributed by atoms with Gasteiger partial charge in [-0.05, 0) is 84.8 Å². The molecule has 0 fully saturated rings. The highest BCUT2D eigenvalue weighted by molar-refractivity contribution is 7.47. The predicted molar refractivity (Wildman–Crippen MR) is 237 cm³/mol. The van der Waals surface area contributed by atoms with Crippen molar-refractivity contribution >= 4 is 19.5 Å². The number of hydrogen-bond acceptors (Lipinski definition) is 8. The van der Waals surface area contributed by atoms with Crippen LogP contribution in [-0.4, -0.2) is 37.1 Å². The van der Waals surface area contributed by atoms with Crippen LogP contribution in [0.5, 0.6) is 5.75 Å². The average Bonchev–Trinajstić information content (AvgIpc) is 3.78. The van der Waals surface area contributed by atoms with Crippen molar-refractivity contribution in [3.8, 4) is 22.7 Å². The number of nitrogens with one attached hydrogen (secondary N) is 2. The van der Waals surface area contributed by atoms with Crippen LogP contribution in [0.25, 0.3) is 16.9 Å². The highest BCUT2D eigenvalue weighted by atomic mass is 31.2. The van der Waals surface area contributed by atoms with Gasteiger partial charge in [0, 0.05) is 30.3 Å². The molecule has 0 saturated heterocycles. The molecule has 0 saturated carbocycles. The molecule has 4 N–H and O–H groups in total. The van der Waals surface area contributed by atoms with E-state index in [1.54, 1.807) is 49.1 Å². The van der Waals surface area contributed by atoms with Gasteiger partial charge in [0.15, 0.2) is 0 Å². The van der Waals surface area contributed by atoms with Gasteiger partial charge >= 0.3 is 26.2 Å². The lowest BCUT2D eigenvalue weighted by atomic mass is 9.97. The zero-order chi connectivity index (χ0) is 50.1. The Kier molecular flexibility index (Phi) is 14.7. The summed E-state index contributed by atoms with van der Waals surface area (Å²) in [4.78, 5) is 24.6. The second-order valence-electron chi connectivity index (χ2n) is 16.5. The van der Waals surface area contributed by atoms with Crippen molar-refractivity contribution in [1.82, 2.24) is 20.0 Å². The van der Waals surface area contributed by atoms with E-state index in [0.717, 1.165) is 23.3 Å². The monoisotopic (exact) mass is 987 g/mol. The number of nitrogens with zero attached hydrogens (tertiary/aromatic N) is 3. The quantitative estimate of drug-likeness (QED) is 0.0423. The van der Waals surface area contributed by atoms with E-state index in [4.69, 9.17) is 18.9 Å². The normalized spacial score (nSPS) is 15.1. The molecule has 7 rings (SSSR count). The average molecular weight is 988 g/mol. The summed E-state index contributed by atoms with van der Waals surface area (Å²) in [5.41, 5.74) is -1.53. The highest BCUT2D eigenvalue weighted by Crippen LogP contribution is 2.48. The molecule has 0 spiro atoms. The molecule has 2 heterocycles. The molecule has 1 aromatic heterocycles. The van der Waals surface area contributed by atoms with Gasteiger partial charge in [-0.2, -0.15) is 31.4 Å². The summed E-state index contributed by atoms with van der Waals surface area (Å²) in [5, 5.41) is 19.5. The van der Waals surface area contributed by atoms with Crippen molar-refractivity contribution in [2.75, 3.05) is 5.32 Å². The fraction of sp³-hybridized carbons (Fsp3) is 0.292. The lowest BCUT2D eigenvalue weighted by molar-refractivity contribution is -0.143. The number of fused-ring (bicyclic) bond motifs is 1. The Morgan fingerprint density at radius 2 is 1.48 bits per heavy atom. The van der Waals surface area contributed by atoms with Gasteiger partial charge in [-0.1, -0.05) is 80.6 Å². The van der Waals surface area contributed by atoms with Crippen molar-refractivity contribution in [2.45, 2.75) is 91.1 Å². The number of alkyl halides is 6. The van der Waals surface area contributed by atoms with E-state index in [0.29, 0.717) is 53.0 Å². The number of halogens is 8. The summed E-state index contributed by atoms with van der Waals surface area (Å²) in [6, 6.07) is 21.6. The number of hydrogen-bond donors (Lipinski definition) is 4. The summed E-state index contributed by atoms with van der Waals surface area (Å²) in [6.07, 6.45) is -11.1. The number of phosphoric ester groups is 1. The Morgan fingerprint density at radius 3 is 2.10 bits per heavy atom. The largest absolute Gasteiger partial charge is 0.527 e. The fourth-order valence-corrected chi connectivity index (χ4v) is 8.77. The third kappa shape index (κ3) is 11.5. The molecule has 0 aliphatic carbocycles. The van der Waals surface area contributed by atoms with E-state index in [1.807, 2.05) is 37.4 Å². The molecule has 12 nitrogen and oxygen atoms in total. The van der Waals surface area contributed by atoms with Crippen molar-refractivity contribution in [1.29, 1.82) is 0 Å². The molecule has 366 valence electrons. The first-order valence-corrected chi connectivity index (χ1v) is 22.9. The number of ether oxygens (including phenoxy) is 1. The smallest absolute Gasteiger partial charge is 0.404 e. The fourth-order valence-electron chi connectivity index (χ4n) is 8.02. The number of rotatable bonds is 16. The molecule has 1 aliphatic rings. The number of amides is 2. The van der Waals surface area contributed by atoms with Gasteiger partial charge in [0.1, 0.15) is 17.4 Å². The summed E-state index contributed by atoms with van der Waals surface area (Å²) >= 11 is 0. The molecule has 2 unspecified atom stereocenters. The minimum atomic E-state index is -5.13. The molecule has 69 heavy (non-hydrogen) atoms. The van der Waals surface area contributed by atoms with Crippen LogP contribution in [-0.2, 0) is 70.9 Å². The number of aromatic nitrogens is 2. The zero-order valence-corrected chi connectivity index (χ0v) is 38.3. The minimum Gasteiger partial charge on any atom is -0.404 e. The molecule has 0 bridgehead atoms. The summed E-state index contributed by atoms with van der Waals surface area (Å²) in [7, 11) is -4.48. The van der Waals surface area contributed by atoms with Gasteiger partial charge in [-0.25, -0.2) is 22.8 Å². The van der Waals surface area contributed by atoms with Crippen LogP contribution in [0, 0.1) is 11.6 Å². The first kappa shape index (κ1) is 50.7. The number of carbonyl (C=O) groups is 1. The number of carbonyl (C=O) groups excluding carboxylic acids is 1. The van der Waals surface area contributed by atoms with Gasteiger partial charge in [0.05, 0.1) is 52.6 Å².